The molecule has 0 unspecified atom stereocenters. The first-order valence-electron chi connectivity index (χ1n) is 5.89. The van der Waals surface area contributed by atoms with Crippen LogP contribution in [0.2, 0.25) is 0 Å². The second-order valence-electron chi connectivity index (χ2n) is 4.38. The van der Waals surface area contributed by atoms with Crippen molar-refractivity contribution in [2.75, 3.05) is 10.5 Å². The van der Waals surface area contributed by atoms with Gasteiger partial charge in [-0.05, 0) is 23.8 Å². The fraction of sp³-hybridized carbons (Fsp3) is 0.0769. The molecular formula is C13H11F3N2O3S. The first-order chi connectivity index (χ1) is 10.1. The maximum Gasteiger partial charge on any atom is 0.516 e. The summed E-state index contributed by atoms with van der Waals surface area (Å²) >= 11 is 0. The summed E-state index contributed by atoms with van der Waals surface area (Å²) in [5, 5.41) is 10.0. The smallest absolute Gasteiger partial charge is 0.505 e. The lowest BCUT2D eigenvalue weighted by atomic mass is 10.0. The van der Waals surface area contributed by atoms with E-state index >= 15 is 0 Å². The van der Waals surface area contributed by atoms with Crippen LogP contribution in [0.1, 0.15) is 0 Å². The molecule has 0 atom stereocenters. The zero-order valence-electron chi connectivity index (χ0n) is 10.9. The summed E-state index contributed by atoms with van der Waals surface area (Å²) in [5.74, 6) is -0.624. The lowest BCUT2D eigenvalue weighted by molar-refractivity contribution is -0.0429. The quantitative estimate of drug-likeness (QED) is 0.595. The van der Waals surface area contributed by atoms with Gasteiger partial charge in [0.2, 0.25) is 0 Å². The van der Waals surface area contributed by atoms with Crippen molar-refractivity contribution in [3.63, 3.8) is 0 Å². The predicted octanol–water partition coefficient (Wildman–Crippen LogP) is 2.90. The summed E-state index contributed by atoms with van der Waals surface area (Å²) in [6.07, 6.45) is 0. The van der Waals surface area contributed by atoms with Crippen LogP contribution < -0.4 is 10.5 Å². The molecule has 0 heterocycles. The third-order valence-corrected chi connectivity index (χ3v) is 3.88. The van der Waals surface area contributed by atoms with Crippen LogP contribution in [-0.4, -0.2) is 19.0 Å². The normalized spacial score (nSPS) is 12.1. The average molecular weight is 332 g/mol. The van der Waals surface area contributed by atoms with Gasteiger partial charge in [0, 0.05) is 11.3 Å². The molecule has 0 bridgehead atoms. The van der Waals surface area contributed by atoms with Gasteiger partial charge in [-0.2, -0.15) is 21.6 Å². The molecule has 118 valence electrons. The second kappa shape index (κ2) is 5.41. The molecule has 0 radical (unpaired) electrons. The van der Waals surface area contributed by atoms with Crippen LogP contribution in [0.4, 0.5) is 24.5 Å². The van der Waals surface area contributed by atoms with Crippen molar-refractivity contribution in [1.82, 2.24) is 0 Å². The van der Waals surface area contributed by atoms with E-state index in [0.29, 0.717) is 11.3 Å². The molecular weight excluding hydrogens is 321 g/mol. The number of nitrogens with one attached hydrogen (secondary N) is 1. The fourth-order valence-corrected chi connectivity index (χ4v) is 2.34. The zero-order valence-corrected chi connectivity index (χ0v) is 11.7. The van der Waals surface area contributed by atoms with Crippen molar-refractivity contribution in [2.24, 2.45) is 0 Å². The van der Waals surface area contributed by atoms with Crippen LogP contribution in [0.3, 0.4) is 0 Å². The van der Waals surface area contributed by atoms with Crippen LogP contribution in [0, 0.1) is 0 Å². The lowest BCUT2D eigenvalue weighted by Gasteiger charge is -2.14. The van der Waals surface area contributed by atoms with E-state index in [2.05, 4.69) is 0 Å². The van der Waals surface area contributed by atoms with Gasteiger partial charge in [-0.1, -0.05) is 24.3 Å². The first-order valence-corrected chi connectivity index (χ1v) is 7.37. The number of nitrogen functional groups attached to an aromatic ring is 1. The number of rotatable bonds is 3. The van der Waals surface area contributed by atoms with Crippen molar-refractivity contribution >= 4 is 21.4 Å². The van der Waals surface area contributed by atoms with Gasteiger partial charge in [-0.15, -0.1) is 0 Å². The van der Waals surface area contributed by atoms with Crippen molar-refractivity contribution < 1.29 is 26.7 Å². The number of halogens is 3. The highest BCUT2D eigenvalue weighted by atomic mass is 32.2. The number of hydrogen-bond donors (Lipinski definition) is 3. The van der Waals surface area contributed by atoms with Crippen molar-refractivity contribution in [3.05, 3.63) is 42.5 Å². The molecule has 0 spiro atoms. The SMILES string of the molecule is Nc1cccc(-c2cccc(NS(=O)(=O)C(F)(F)F)c2O)c1. The van der Waals surface area contributed by atoms with E-state index < -0.39 is 27.0 Å². The van der Waals surface area contributed by atoms with Gasteiger partial charge < -0.3 is 10.8 Å². The number of benzene rings is 2. The molecule has 4 N–H and O–H groups in total. The number of nitrogens with two attached hydrogens (primary N) is 1. The van der Waals surface area contributed by atoms with Crippen LogP contribution in [0.15, 0.2) is 42.5 Å². The minimum Gasteiger partial charge on any atom is -0.505 e. The maximum absolute atomic E-state index is 12.4. The van der Waals surface area contributed by atoms with Crippen LogP contribution in [-0.2, 0) is 10.0 Å². The molecule has 22 heavy (non-hydrogen) atoms. The summed E-state index contributed by atoms with van der Waals surface area (Å²) in [4.78, 5) is 0. The van der Waals surface area contributed by atoms with Crippen molar-refractivity contribution in [1.29, 1.82) is 0 Å². The van der Waals surface area contributed by atoms with Gasteiger partial charge in [-0.25, -0.2) is 0 Å². The number of sulfonamides is 1. The number of alkyl halides is 3. The van der Waals surface area contributed by atoms with Gasteiger partial charge in [0.15, 0.2) is 0 Å². The Kier molecular flexibility index (Phi) is 3.92. The zero-order chi connectivity index (χ0) is 16.5. The molecule has 2 aromatic carbocycles. The summed E-state index contributed by atoms with van der Waals surface area (Å²) in [7, 11) is -5.62. The Labute approximate surface area is 124 Å². The third kappa shape index (κ3) is 3.08. The van der Waals surface area contributed by atoms with Crippen LogP contribution >= 0.6 is 0 Å². The van der Waals surface area contributed by atoms with Crippen molar-refractivity contribution in [2.45, 2.75) is 5.51 Å². The third-order valence-electron chi connectivity index (χ3n) is 2.78. The molecule has 0 saturated heterocycles. The predicted molar refractivity (Wildman–Crippen MR) is 76.6 cm³/mol. The van der Waals surface area contributed by atoms with Crippen LogP contribution in [0.25, 0.3) is 11.1 Å². The molecule has 5 nitrogen and oxygen atoms in total. The maximum atomic E-state index is 12.4. The number of aromatic hydroxyl groups is 1. The highest BCUT2D eigenvalue weighted by molar-refractivity contribution is 7.93. The van der Waals surface area contributed by atoms with E-state index in [-0.39, 0.29) is 5.56 Å². The minimum atomic E-state index is -5.62. The Balaban J connectivity index is 2.47. The fourth-order valence-electron chi connectivity index (χ4n) is 1.77. The molecule has 2 aromatic rings. The summed E-state index contributed by atoms with van der Waals surface area (Å²) in [5.41, 5.74) is 0.520. The Morgan fingerprint density at radius 1 is 1.09 bits per heavy atom. The monoisotopic (exact) mass is 332 g/mol. The van der Waals surface area contributed by atoms with Gasteiger partial charge >= 0.3 is 15.5 Å². The number of hydrogen-bond acceptors (Lipinski definition) is 4. The molecule has 0 aliphatic rings. The Morgan fingerprint density at radius 3 is 2.32 bits per heavy atom. The molecule has 0 aromatic heterocycles. The van der Waals surface area contributed by atoms with E-state index in [1.54, 1.807) is 18.2 Å². The molecule has 0 fully saturated rings. The lowest BCUT2D eigenvalue weighted by Crippen LogP contribution is -2.29. The molecule has 0 saturated carbocycles. The van der Waals surface area contributed by atoms with E-state index in [4.69, 9.17) is 5.73 Å². The first kappa shape index (κ1) is 16.0. The number of para-hydroxylation sites is 1. The van der Waals surface area contributed by atoms with Crippen LogP contribution in [0.5, 0.6) is 5.75 Å². The van der Waals surface area contributed by atoms with Gasteiger partial charge in [-0.3, -0.25) is 4.72 Å². The number of phenols is 1. The Morgan fingerprint density at radius 2 is 1.73 bits per heavy atom. The average Bonchev–Trinajstić information content (AvgIpc) is 2.39. The Hall–Kier alpha value is -2.42. The largest absolute Gasteiger partial charge is 0.516 e. The van der Waals surface area contributed by atoms with Crippen molar-refractivity contribution in [3.8, 4) is 16.9 Å². The second-order valence-corrected chi connectivity index (χ2v) is 6.05. The van der Waals surface area contributed by atoms with Gasteiger partial charge in [0.05, 0.1) is 5.69 Å². The molecule has 9 heteroatoms. The summed E-state index contributed by atoms with van der Waals surface area (Å²) < 4.78 is 60.7. The van der Waals surface area contributed by atoms with E-state index in [1.807, 2.05) is 0 Å². The highest BCUT2D eigenvalue weighted by Crippen LogP contribution is 2.37. The van der Waals surface area contributed by atoms with Gasteiger partial charge in [0.1, 0.15) is 5.75 Å². The molecule has 2 rings (SSSR count). The van der Waals surface area contributed by atoms with E-state index in [1.165, 1.54) is 22.9 Å². The minimum absolute atomic E-state index is 0.148. The number of phenolic OH excluding ortho intramolecular Hbond substituents is 1. The molecule has 0 aliphatic heterocycles. The highest BCUT2D eigenvalue weighted by Gasteiger charge is 2.46. The Bertz CT molecular complexity index is 804. The van der Waals surface area contributed by atoms with E-state index in [9.17, 15) is 26.7 Å². The standard InChI is InChI=1S/C13H11F3N2O3S/c14-13(15,16)22(20,21)18-11-6-2-5-10(12(11)19)8-3-1-4-9(17)7-8/h1-7,18-19H,17H2. The summed E-state index contributed by atoms with van der Waals surface area (Å²) in [6.45, 7) is 0. The molecule has 0 aliphatic carbocycles. The summed E-state index contributed by atoms with van der Waals surface area (Å²) in [6, 6.07) is 10.0. The number of anilines is 2. The van der Waals surface area contributed by atoms with Gasteiger partial charge in [0.25, 0.3) is 0 Å². The topological polar surface area (TPSA) is 92.4 Å². The molecule has 0 amide bonds. The van der Waals surface area contributed by atoms with E-state index in [0.717, 1.165) is 6.07 Å².